The predicted octanol–water partition coefficient (Wildman–Crippen LogP) is 5.31. The van der Waals surface area contributed by atoms with Gasteiger partial charge in [-0.2, -0.15) is 3.97 Å². The van der Waals surface area contributed by atoms with Crippen molar-refractivity contribution in [3.8, 4) is 11.5 Å². The molecule has 0 saturated heterocycles. The van der Waals surface area contributed by atoms with Gasteiger partial charge in [0, 0.05) is 12.1 Å². The van der Waals surface area contributed by atoms with Crippen LogP contribution in [-0.4, -0.2) is 36.6 Å². The molecule has 1 aromatic heterocycles. The molecule has 3 aromatic carbocycles. The van der Waals surface area contributed by atoms with Gasteiger partial charge in [0.15, 0.2) is 0 Å². The smallest absolute Gasteiger partial charge is 0.343 e. The highest BCUT2D eigenvalue weighted by Gasteiger charge is 2.31. The first kappa shape index (κ1) is 27.5. The van der Waals surface area contributed by atoms with Crippen molar-refractivity contribution in [2.24, 2.45) is 0 Å². The van der Waals surface area contributed by atoms with E-state index in [1.165, 1.54) is 25.3 Å². The quantitative estimate of drug-likeness (QED) is 0.254. The second kappa shape index (κ2) is 11.6. The summed E-state index contributed by atoms with van der Waals surface area (Å²) in [5, 5.41) is 0. The van der Waals surface area contributed by atoms with E-state index in [1.807, 2.05) is 37.3 Å². The average Bonchev–Trinajstić information content (AvgIpc) is 3.28. The maximum Gasteiger partial charge on any atom is 0.343 e. The van der Waals surface area contributed by atoms with Crippen LogP contribution in [0.1, 0.15) is 61.0 Å². The number of rotatable bonds is 9. The van der Waals surface area contributed by atoms with Crippen molar-refractivity contribution >= 4 is 27.0 Å². The van der Waals surface area contributed by atoms with Gasteiger partial charge in [-0.25, -0.2) is 18.0 Å². The Morgan fingerprint density at radius 2 is 1.70 bits per heavy atom. The zero-order valence-electron chi connectivity index (χ0n) is 22.5. The molecule has 0 spiro atoms. The lowest BCUT2D eigenvalue weighted by Crippen LogP contribution is -2.32. The Kier molecular flexibility index (Phi) is 7.97. The first-order valence-corrected chi connectivity index (χ1v) is 14.8. The number of fused-ring (bicyclic) bond motifs is 1. The van der Waals surface area contributed by atoms with Crippen molar-refractivity contribution in [1.82, 2.24) is 8.54 Å². The molecule has 5 rings (SSSR count). The normalized spacial score (nSPS) is 14.2. The van der Waals surface area contributed by atoms with E-state index in [-0.39, 0.29) is 34.4 Å². The highest BCUT2D eigenvalue weighted by atomic mass is 32.2. The Labute approximate surface area is 233 Å². The molecule has 0 amide bonds. The molecule has 0 radical (unpaired) electrons. The Bertz CT molecular complexity index is 1680. The van der Waals surface area contributed by atoms with Crippen LogP contribution in [0.4, 0.5) is 0 Å². The van der Waals surface area contributed by atoms with Crippen LogP contribution < -0.4 is 15.2 Å². The Balaban J connectivity index is 1.56. The van der Waals surface area contributed by atoms with Gasteiger partial charge in [0.25, 0.3) is 10.0 Å². The fraction of sp³-hybridized carbons (Fsp3) is 0.333. The summed E-state index contributed by atoms with van der Waals surface area (Å²) in [4.78, 5) is 26.3. The molecule has 40 heavy (non-hydrogen) atoms. The molecular weight excluding hydrogens is 532 g/mol. The first-order valence-electron chi connectivity index (χ1n) is 13.4. The number of imidazole rings is 1. The highest BCUT2D eigenvalue weighted by Crippen LogP contribution is 2.34. The molecule has 0 aliphatic heterocycles. The molecule has 1 saturated carbocycles. The van der Waals surface area contributed by atoms with E-state index >= 15 is 0 Å². The minimum absolute atomic E-state index is 0.0643. The molecule has 1 fully saturated rings. The molecule has 1 aliphatic rings. The number of nitrogens with zero attached hydrogens (tertiary/aromatic N) is 2. The van der Waals surface area contributed by atoms with Crippen LogP contribution in [0.5, 0.6) is 11.5 Å². The number of ether oxygens (including phenoxy) is 3. The number of hydrogen-bond donors (Lipinski definition) is 0. The van der Waals surface area contributed by atoms with E-state index < -0.39 is 21.7 Å². The van der Waals surface area contributed by atoms with Gasteiger partial charge < -0.3 is 14.2 Å². The lowest BCUT2D eigenvalue weighted by molar-refractivity contribution is 0.0472. The summed E-state index contributed by atoms with van der Waals surface area (Å²) in [6.07, 6.45) is 4.61. The molecule has 4 aromatic rings. The molecule has 10 heteroatoms. The summed E-state index contributed by atoms with van der Waals surface area (Å²) in [5.74, 6) is -0.128. The van der Waals surface area contributed by atoms with E-state index in [0.29, 0.717) is 17.9 Å². The maximum atomic E-state index is 14.1. The van der Waals surface area contributed by atoms with Crippen LogP contribution in [0.15, 0.2) is 76.4 Å². The maximum absolute atomic E-state index is 14.1. The van der Waals surface area contributed by atoms with E-state index in [4.69, 9.17) is 14.2 Å². The topological polar surface area (TPSA) is 106 Å². The summed E-state index contributed by atoms with van der Waals surface area (Å²) in [5.41, 5.74) is 1.08. The van der Waals surface area contributed by atoms with Crippen molar-refractivity contribution in [2.75, 3.05) is 13.7 Å². The van der Waals surface area contributed by atoms with Crippen molar-refractivity contribution in [3.05, 3.63) is 88.3 Å². The van der Waals surface area contributed by atoms with E-state index in [9.17, 15) is 18.0 Å². The minimum atomic E-state index is -4.41. The Hall–Kier alpha value is -4.05. The van der Waals surface area contributed by atoms with E-state index in [0.717, 1.165) is 41.6 Å². The van der Waals surface area contributed by atoms with Gasteiger partial charge in [0.2, 0.25) is 0 Å². The summed E-state index contributed by atoms with van der Waals surface area (Å²) in [7, 11) is -3.10. The second-order valence-corrected chi connectivity index (χ2v) is 11.5. The van der Waals surface area contributed by atoms with Gasteiger partial charge in [-0.1, -0.05) is 49.6 Å². The molecular formula is C30H32N2O7S. The van der Waals surface area contributed by atoms with E-state index in [1.54, 1.807) is 22.8 Å². The van der Waals surface area contributed by atoms with Crippen molar-refractivity contribution in [2.45, 2.75) is 56.6 Å². The number of hydrogen-bond acceptors (Lipinski definition) is 7. The van der Waals surface area contributed by atoms with Crippen LogP contribution in [0.2, 0.25) is 0 Å². The third-order valence-electron chi connectivity index (χ3n) is 7.19. The largest absolute Gasteiger partial charge is 0.495 e. The van der Waals surface area contributed by atoms with Crippen LogP contribution in [-0.2, 0) is 21.4 Å². The van der Waals surface area contributed by atoms with Gasteiger partial charge in [0.05, 0.1) is 30.3 Å². The van der Waals surface area contributed by atoms with Gasteiger partial charge in [0.1, 0.15) is 23.0 Å². The van der Waals surface area contributed by atoms with Crippen LogP contribution in [0, 0.1) is 0 Å². The van der Waals surface area contributed by atoms with Crippen molar-refractivity contribution < 1.29 is 27.4 Å². The minimum Gasteiger partial charge on any atom is -0.495 e. The second-order valence-electron chi connectivity index (χ2n) is 9.72. The Morgan fingerprint density at radius 3 is 2.40 bits per heavy atom. The standard InChI is InChI=1S/C30H32N2O7S/c1-3-38-24-15-16-25-26(19-24)31(23-12-8-5-9-13-23)30(34)32(25)40(35,36)28-17-14-22(18-27(28)37-2)29(33)39-20-21-10-6-4-7-11-21/h4,6-7,10-11,14-19,23H,3,5,8-9,12-13,20H2,1-2H3. The summed E-state index contributed by atoms with van der Waals surface area (Å²) in [6.45, 7) is 2.37. The average molecular weight is 565 g/mol. The monoisotopic (exact) mass is 564 g/mol. The third-order valence-corrected chi connectivity index (χ3v) is 8.91. The van der Waals surface area contributed by atoms with Gasteiger partial charge >= 0.3 is 11.7 Å². The summed E-state index contributed by atoms with van der Waals surface area (Å²) in [6, 6.07) is 18.1. The number of benzene rings is 3. The zero-order chi connectivity index (χ0) is 28.3. The number of aromatic nitrogens is 2. The lowest BCUT2D eigenvalue weighted by Gasteiger charge is -2.23. The molecule has 210 valence electrons. The molecule has 0 N–H and O–H groups in total. The van der Waals surface area contributed by atoms with Crippen molar-refractivity contribution in [1.29, 1.82) is 0 Å². The number of methoxy groups -OCH3 is 1. The van der Waals surface area contributed by atoms with Gasteiger partial charge in [-0.15, -0.1) is 0 Å². The molecule has 0 unspecified atom stereocenters. The van der Waals surface area contributed by atoms with Crippen molar-refractivity contribution in [3.63, 3.8) is 0 Å². The lowest BCUT2D eigenvalue weighted by atomic mass is 9.95. The summed E-state index contributed by atoms with van der Waals surface area (Å²) >= 11 is 0. The summed E-state index contributed by atoms with van der Waals surface area (Å²) < 4.78 is 47.0. The fourth-order valence-electron chi connectivity index (χ4n) is 5.27. The molecule has 9 nitrogen and oxygen atoms in total. The number of esters is 1. The van der Waals surface area contributed by atoms with Crippen LogP contribution >= 0.6 is 0 Å². The molecule has 0 bridgehead atoms. The molecule has 0 atom stereocenters. The Morgan fingerprint density at radius 1 is 0.950 bits per heavy atom. The SMILES string of the molecule is CCOc1ccc2c(c1)n(C1CCCCC1)c(=O)n2S(=O)(=O)c1ccc(C(=O)OCc2ccccc2)cc1OC. The van der Waals surface area contributed by atoms with Crippen LogP contribution in [0.3, 0.4) is 0 Å². The van der Waals surface area contributed by atoms with Gasteiger partial charge in [-0.3, -0.25) is 4.57 Å². The molecule has 1 heterocycles. The van der Waals surface area contributed by atoms with E-state index in [2.05, 4.69) is 0 Å². The first-order chi connectivity index (χ1) is 19.3. The number of carbonyl (C=O) groups excluding carboxylic acids is 1. The molecule has 1 aliphatic carbocycles. The number of carbonyl (C=O) groups is 1. The van der Waals surface area contributed by atoms with Crippen LogP contribution in [0.25, 0.3) is 11.0 Å². The third kappa shape index (κ3) is 5.23. The predicted molar refractivity (Wildman–Crippen MR) is 151 cm³/mol. The fourth-order valence-corrected chi connectivity index (χ4v) is 6.81. The zero-order valence-corrected chi connectivity index (χ0v) is 23.4. The van der Waals surface area contributed by atoms with Gasteiger partial charge in [-0.05, 0) is 55.7 Å². The highest BCUT2D eigenvalue weighted by molar-refractivity contribution is 7.90.